The van der Waals surface area contributed by atoms with E-state index in [0.717, 1.165) is 6.42 Å². The maximum absolute atomic E-state index is 3.94. The molecule has 0 aliphatic carbocycles. The number of benzene rings is 4. The molecule has 0 aliphatic heterocycles. The van der Waals surface area contributed by atoms with Crippen molar-refractivity contribution in [3.05, 3.63) is 70.7 Å². The van der Waals surface area contributed by atoms with E-state index in [1.165, 1.54) is 61.6 Å². The molecule has 0 fully saturated rings. The minimum atomic E-state index is 1.14. The molecule has 0 heterocycles. The zero-order valence-corrected chi connectivity index (χ0v) is 15.6. The van der Waals surface area contributed by atoms with Crippen LogP contribution in [0, 0.1) is 0 Å². The van der Waals surface area contributed by atoms with Crippen molar-refractivity contribution in [2.45, 2.75) is 32.6 Å². The smallest absolute Gasteiger partial charge is 0.0292 e. The molecule has 24 heavy (non-hydrogen) atoms. The van der Waals surface area contributed by atoms with E-state index in [2.05, 4.69) is 83.5 Å². The topological polar surface area (TPSA) is 0 Å². The molecule has 0 radical (unpaired) electrons. The van der Waals surface area contributed by atoms with Crippen molar-refractivity contribution in [2.24, 2.45) is 0 Å². The van der Waals surface area contributed by atoms with E-state index in [0.29, 0.717) is 0 Å². The molecule has 0 atom stereocenters. The Morgan fingerprint density at radius 1 is 0.667 bits per heavy atom. The van der Waals surface area contributed by atoms with Crippen molar-refractivity contribution in [2.75, 3.05) is 0 Å². The van der Waals surface area contributed by atoms with E-state index in [4.69, 9.17) is 0 Å². The van der Waals surface area contributed by atoms with Crippen molar-refractivity contribution in [1.82, 2.24) is 0 Å². The van der Waals surface area contributed by atoms with E-state index >= 15 is 0 Å². The minimum Gasteiger partial charge on any atom is -0.0654 e. The number of fused-ring (bicyclic) bond motifs is 6. The van der Waals surface area contributed by atoms with Crippen molar-refractivity contribution in [3.63, 3.8) is 0 Å². The average molecular weight is 377 g/mol. The third kappa shape index (κ3) is 2.52. The Morgan fingerprint density at radius 2 is 1.21 bits per heavy atom. The molecular formula is C23H21Br. The summed E-state index contributed by atoms with van der Waals surface area (Å²) in [5.74, 6) is 0. The molecule has 4 aromatic carbocycles. The molecule has 120 valence electrons. The molecule has 0 bridgehead atoms. The Hall–Kier alpha value is -1.86. The van der Waals surface area contributed by atoms with Gasteiger partial charge in [0.15, 0.2) is 0 Å². The van der Waals surface area contributed by atoms with Crippen molar-refractivity contribution in [1.29, 1.82) is 0 Å². The van der Waals surface area contributed by atoms with Crippen LogP contribution < -0.4 is 0 Å². The number of aryl methyl sites for hydroxylation is 1. The number of hydrogen-bond acceptors (Lipinski definition) is 0. The molecule has 4 aromatic rings. The molecule has 0 saturated carbocycles. The van der Waals surface area contributed by atoms with Gasteiger partial charge in [0, 0.05) is 9.86 Å². The Morgan fingerprint density at radius 3 is 1.83 bits per heavy atom. The maximum atomic E-state index is 3.94. The molecule has 0 nitrogen and oxygen atoms in total. The highest BCUT2D eigenvalue weighted by atomic mass is 79.9. The van der Waals surface area contributed by atoms with E-state index < -0.39 is 0 Å². The molecule has 0 amide bonds. The normalized spacial score (nSPS) is 11.6. The van der Waals surface area contributed by atoms with Crippen LogP contribution >= 0.6 is 15.9 Å². The first kappa shape index (κ1) is 15.7. The highest BCUT2D eigenvalue weighted by Crippen LogP contribution is 2.40. The van der Waals surface area contributed by atoms with Crippen LogP contribution in [0.1, 0.15) is 31.7 Å². The average Bonchev–Trinajstić information content (AvgIpc) is 2.63. The third-order valence-corrected chi connectivity index (χ3v) is 5.88. The summed E-state index contributed by atoms with van der Waals surface area (Å²) in [6, 6.07) is 22.2. The lowest BCUT2D eigenvalue weighted by Gasteiger charge is -2.14. The zero-order valence-electron chi connectivity index (χ0n) is 14.0. The molecule has 0 spiro atoms. The molecule has 0 saturated heterocycles. The van der Waals surface area contributed by atoms with Crippen LogP contribution in [0.4, 0.5) is 0 Å². The Bertz CT molecular complexity index is 995. The van der Waals surface area contributed by atoms with Gasteiger partial charge in [-0.25, -0.2) is 0 Å². The van der Waals surface area contributed by atoms with Gasteiger partial charge in [-0.2, -0.15) is 0 Å². The molecule has 0 unspecified atom stereocenters. The second-order valence-electron chi connectivity index (χ2n) is 6.51. The summed E-state index contributed by atoms with van der Waals surface area (Å²) in [6.45, 7) is 2.26. The Kier molecular flexibility index (Phi) is 4.28. The fraction of sp³-hybridized carbons (Fsp3) is 0.217. The quantitative estimate of drug-likeness (QED) is 0.253. The first-order chi connectivity index (χ1) is 11.8. The van der Waals surface area contributed by atoms with Gasteiger partial charge in [0.05, 0.1) is 0 Å². The van der Waals surface area contributed by atoms with E-state index in [-0.39, 0.29) is 0 Å². The van der Waals surface area contributed by atoms with Crippen LogP contribution in [0.3, 0.4) is 0 Å². The fourth-order valence-corrected chi connectivity index (χ4v) is 4.51. The van der Waals surface area contributed by atoms with Gasteiger partial charge in [-0.05, 0) is 61.3 Å². The van der Waals surface area contributed by atoms with Crippen LogP contribution in [0.2, 0.25) is 0 Å². The molecule has 1 heteroatoms. The number of unbranched alkanes of at least 4 members (excludes halogenated alkanes) is 2. The van der Waals surface area contributed by atoms with Gasteiger partial charge in [-0.3, -0.25) is 0 Å². The monoisotopic (exact) mass is 376 g/mol. The molecule has 4 rings (SSSR count). The number of halogens is 1. The summed E-state index contributed by atoms with van der Waals surface area (Å²) in [5.41, 5.74) is 1.43. The Labute approximate surface area is 151 Å². The maximum Gasteiger partial charge on any atom is 0.0292 e. The third-order valence-electron chi connectivity index (χ3n) is 4.98. The van der Waals surface area contributed by atoms with Crippen molar-refractivity contribution >= 4 is 48.2 Å². The van der Waals surface area contributed by atoms with E-state index in [1.54, 1.807) is 0 Å². The Balaban J connectivity index is 2.07. The van der Waals surface area contributed by atoms with E-state index in [9.17, 15) is 0 Å². The molecule has 0 aromatic heterocycles. The summed E-state index contributed by atoms with van der Waals surface area (Å²) in [5, 5.41) is 8.06. The lowest BCUT2D eigenvalue weighted by Crippen LogP contribution is -1.91. The first-order valence-electron chi connectivity index (χ1n) is 8.82. The predicted octanol–water partition coefficient (Wildman–Crippen LogP) is 7.64. The summed E-state index contributed by atoms with van der Waals surface area (Å²) in [7, 11) is 0. The van der Waals surface area contributed by atoms with Gasteiger partial charge in [-0.15, -0.1) is 0 Å². The van der Waals surface area contributed by atoms with Gasteiger partial charge in [0.2, 0.25) is 0 Å². The van der Waals surface area contributed by atoms with Gasteiger partial charge >= 0.3 is 0 Å². The van der Waals surface area contributed by atoms with E-state index in [1.807, 2.05) is 0 Å². The molecule has 0 aliphatic rings. The van der Waals surface area contributed by atoms with Gasteiger partial charge < -0.3 is 0 Å². The molecule has 0 N–H and O–H groups in total. The van der Waals surface area contributed by atoms with Crippen molar-refractivity contribution in [3.8, 4) is 0 Å². The SMILES string of the molecule is CCCCCc1ccc2c3ccccc3c3ccccc3c2c1Br. The summed E-state index contributed by atoms with van der Waals surface area (Å²) in [6.07, 6.45) is 4.96. The van der Waals surface area contributed by atoms with Gasteiger partial charge in [0.1, 0.15) is 0 Å². The summed E-state index contributed by atoms with van der Waals surface area (Å²) >= 11 is 3.94. The van der Waals surface area contributed by atoms with Crippen LogP contribution in [-0.4, -0.2) is 0 Å². The fourth-order valence-electron chi connectivity index (χ4n) is 3.75. The predicted molar refractivity (Wildman–Crippen MR) is 110 cm³/mol. The zero-order chi connectivity index (χ0) is 16.5. The van der Waals surface area contributed by atoms with Crippen LogP contribution in [0.15, 0.2) is 65.1 Å². The lowest BCUT2D eigenvalue weighted by atomic mass is 9.92. The molecular weight excluding hydrogens is 356 g/mol. The second-order valence-corrected chi connectivity index (χ2v) is 7.30. The van der Waals surface area contributed by atoms with Crippen molar-refractivity contribution < 1.29 is 0 Å². The van der Waals surface area contributed by atoms with Crippen LogP contribution in [0.5, 0.6) is 0 Å². The number of hydrogen-bond donors (Lipinski definition) is 0. The highest BCUT2D eigenvalue weighted by Gasteiger charge is 2.12. The van der Waals surface area contributed by atoms with Crippen LogP contribution in [0.25, 0.3) is 32.3 Å². The largest absolute Gasteiger partial charge is 0.0654 e. The van der Waals surface area contributed by atoms with Gasteiger partial charge in [0.25, 0.3) is 0 Å². The lowest BCUT2D eigenvalue weighted by molar-refractivity contribution is 0.716. The standard InChI is InChI=1S/C23H21Br/c1-2-3-4-9-16-14-15-21-19-12-6-5-10-17(19)18-11-7-8-13-20(18)22(21)23(16)24/h5-8,10-15H,2-4,9H2,1H3. The minimum absolute atomic E-state index is 1.14. The first-order valence-corrected chi connectivity index (χ1v) is 9.61. The van der Waals surface area contributed by atoms with Gasteiger partial charge in [-0.1, -0.05) is 80.4 Å². The second kappa shape index (κ2) is 6.57. The highest BCUT2D eigenvalue weighted by molar-refractivity contribution is 9.10. The summed E-state index contributed by atoms with van der Waals surface area (Å²) in [4.78, 5) is 0. The summed E-state index contributed by atoms with van der Waals surface area (Å²) < 4.78 is 1.28. The van der Waals surface area contributed by atoms with Crippen LogP contribution in [-0.2, 0) is 6.42 Å². The number of rotatable bonds is 4.